The minimum absolute atomic E-state index is 0.0282. The molecule has 4 rings (SSSR count). The molecule has 5 heteroatoms. The summed E-state index contributed by atoms with van der Waals surface area (Å²) in [5.74, 6) is 0.0650. The van der Waals surface area contributed by atoms with E-state index in [1.807, 2.05) is 72.2 Å². The molecular formula is C25H27N3O2. The van der Waals surface area contributed by atoms with Crippen molar-refractivity contribution in [2.75, 3.05) is 26.2 Å². The van der Waals surface area contributed by atoms with Crippen molar-refractivity contribution in [3.8, 4) is 5.69 Å². The number of benzene rings is 2. The molecule has 0 unspecified atom stereocenters. The number of carbonyl (C=O) groups excluding carboxylic acids is 2. The monoisotopic (exact) mass is 401 g/mol. The Morgan fingerprint density at radius 2 is 1.30 bits per heavy atom. The summed E-state index contributed by atoms with van der Waals surface area (Å²) in [4.78, 5) is 29.6. The van der Waals surface area contributed by atoms with E-state index in [4.69, 9.17) is 0 Å². The molecule has 2 amide bonds. The molecule has 0 atom stereocenters. The molecule has 0 aliphatic carbocycles. The molecule has 0 radical (unpaired) electrons. The Bertz CT molecular complexity index is 1080. The molecule has 30 heavy (non-hydrogen) atoms. The number of para-hydroxylation sites is 1. The number of nitrogens with zero attached hydrogens (tertiary/aromatic N) is 3. The van der Waals surface area contributed by atoms with Crippen molar-refractivity contribution in [1.82, 2.24) is 14.4 Å². The first-order valence-corrected chi connectivity index (χ1v) is 10.4. The average Bonchev–Trinajstić information content (AvgIpc) is 3.07. The van der Waals surface area contributed by atoms with Gasteiger partial charge in [0, 0.05) is 48.8 Å². The van der Waals surface area contributed by atoms with Gasteiger partial charge in [-0.1, -0.05) is 36.4 Å². The van der Waals surface area contributed by atoms with Crippen LogP contribution in [0.1, 0.15) is 37.7 Å². The quantitative estimate of drug-likeness (QED) is 0.666. The van der Waals surface area contributed by atoms with Crippen molar-refractivity contribution in [3.05, 3.63) is 88.7 Å². The normalized spacial score (nSPS) is 14.1. The van der Waals surface area contributed by atoms with Crippen LogP contribution in [0.25, 0.3) is 5.69 Å². The molecular weight excluding hydrogens is 374 g/mol. The van der Waals surface area contributed by atoms with Gasteiger partial charge < -0.3 is 14.4 Å². The number of amides is 2. The number of carbonyl (C=O) groups is 2. The van der Waals surface area contributed by atoms with Crippen LogP contribution in [0, 0.1) is 20.8 Å². The Kier molecular flexibility index (Phi) is 5.44. The lowest BCUT2D eigenvalue weighted by Crippen LogP contribution is -2.50. The molecule has 0 bridgehead atoms. The third-order valence-corrected chi connectivity index (χ3v) is 5.89. The third kappa shape index (κ3) is 3.63. The smallest absolute Gasteiger partial charge is 0.255 e. The summed E-state index contributed by atoms with van der Waals surface area (Å²) in [5, 5.41) is 0. The lowest BCUT2D eigenvalue weighted by atomic mass is 10.1. The Morgan fingerprint density at radius 3 is 1.93 bits per heavy atom. The largest absolute Gasteiger partial charge is 0.335 e. The minimum atomic E-state index is 0.0282. The highest BCUT2D eigenvalue weighted by Gasteiger charge is 2.27. The molecule has 1 aliphatic heterocycles. The first-order valence-electron chi connectivity index (χ1n) is 10.4. The van der Waals surface area contributed by atoms with Gasteiger partial charge in [-0.15, -0.1) is 0 Å². The minimum Gasteiger partial charge on any atom is -0.335 e. The van der Waals surface area contributed by atoms with Crippen LogP contribution in [0.15, 0.2) is 60.7 Å². The molecule has 1 aliphatic rings. The van der Waals surface area contributed by atoms with Crippen molar-refractivity contribution in [1.29, 1.82) is 0 Å². The zero-order valence-corrected chi connectivity index (χ0v) is 17.8. The first kappa shape index (κ1) is 20.0. The van der Waals surface area contributed by atoms with Crippen molar-refractivity contribution in [3.63, 3.8) is 0 Å². The maximum Gasteiger partial charge on any atom is 0.255 e. The van der Waals surface area contributed by atoms with Crippen LogP contribution >= 0.6 is 0 Å². The Hall–Kier alpha value is -3.34. The van der Waals surface area contributed by atoms with Gasteiger partial charge >= 0.3 is 0 Å². The van der Waals surface area contributed by atoms with E-state index in [1.165, 1.54) is 5.56 Å². The number of aromatic nitrogens is 1. The Morgan fingerprint density at radius 1 is 0.733 bits per heavy atom. The highest BCUT2D eigenvalue weighted by atomic mass is 16.2. The van der Waals surface area contributed by atoms with Crippen LogP contribution in [0.5, 0.6) is 0 Å². The maximum absolute atomic E-state index is 13.3. The summed E-state index contributed by atoms with van der Waals surface area (Å²) in [5.41, 5.74) is 5.70. The SMILES string of the molecule is Cc1ccccc1-n1c(C)cc(C(=O)N2CCN(C(=O)c3ccccc3)CC2)c1C. The van der Waals surface area contributed by atoms with E-state index in [-0.39, 0.29) is 11.8 Å². The van der Waals surface area contributed by atoms with E-state index in [0.717, 1.165) is 22.6 Å². The second-order valence-corrected chi connectivity index (χ2v) is 7.86. The zero-order chi connectivity index (χ0) is 21.3. The van der Waals surface area contributed by atoms with Crippen molar-refractivity contribution < 1.29 is 9.59 Å². The molecule has 0 N–H and O–H groups in total. The predicted octanol–water partition coefficient (Wildman–Crippen LogP) is 4.00. The number of hydrogen-bond acceptors (Lipinski definition) is 2. The predicted molar refractivity (Wildman–Crippen MR) is 118 cm³/mol. The standard InChI is InChI=1S/C25H27N3O2/c1-18-9-7-8-12-23(18)28-19(2)17-22(20(28)3)25(30)27-15-13-26(14-16-27)24(29)21-10-5-4-6-11-21/h4-12,17H,13-16H2,1-3H3. The van der Waals surface area contributed by atoms with Crippen molar-refractivity contribution >= 4 is 11.8 Å². The maximum atomic E-state index is 13.3. The van der Waals surface area contributed by atoms with E-state index in [9.17, 15) is 9.59 Å². The average molecular weight is 402 g/mol. The molecule has 5 nitrogen and oxygen atoms in total. The Balaban J connectivity index is 1.50. The number of aryl methyl sites for hydroxylation is 2. The molecule has 1 aromatic heterocycles. The first-order chi connectivity index (χ1) is 14.5. The van der Waals surface area contributed by atoms with Gasteiger partial charge in [0.15, 0.2) is 0 Å². The van der Waals surface area contributed by atoms with Crippen molar-refractivity contribution in [2.24, 2.45) is 0 Å². The summed E-state index contributed by atoms with van der Waals surface area (Å²) >= 11 is 0. The topological polar surface area (TPSA) is 45.6 Å². The second kappa shape index (κ2) is 8.19. The van der Waals surface area contributed by atoms with Crippen LogP contribution in [0.3, 0.4) is 0 Å². The second-order valence-electron chi connectivity index (χ2n) is 7.86. The Labute approximate surface area is 177 Å². The summed E-state index contributed by atoms with van der Waals surface area (Å²) in [6, 6.07) is 19.5. The molecule has 1 fully saturated rings. The van der Waals surface area contributed by atoms with Gasteiger partial charge in [-0.3, -0.25) is 9.59 Å². The number of hydrogen-bond donors (Lipinski definition) is 0. The van der Waals surface area contributed by atoms with E-state index < -0.39 is 0 Å². The fourth-order valence-electron chi connectivity index (χ4n) is 4.21. The summed E-state index contributed by atoms with van der Waals surface area (Å²) in [7, 11) is 0. The van der Waals surface area contributed by atoms with Gasteiger partial charge in [0.1, 0.15) is 0 Å². The number of piperazine rings is 1. The van der Waals surface area contributed by atoms with E-state index in [0.29, 0.717) is 31.7 Å². The zero-order valence-electron chi connectivity index (χ0n) is 17.8. The summed E-state index contributed by atoms with van der Waals surface area (Å²) in [6.45, 7) is 8.32. The van der Waals surface area contributed by atoms with Gasteiger partial charge in [-0.25, -0.2) is 0 Å². The van der Waals surface area contributed by atoms with Crippen molar-refractivity contribution in [2.45, 2.75) is 20.8 Å². The van der Waals surface area contributed by atoms with Crippen LogP contribution < -0.4 is 0 Å². The number of rotatable bonds is 3. The van der Waals surface area contributed by atoms with Crippen LogP contribution in [-0.4, -0.2) is 52.4 Å². The molecule has 1 saturated heterocycles. The van der Waals surface area contributed by atoms with Gasteiger partial charge in [0.05, 0.1) is 5.56 Å². The summed E-state index contributed by atoms with van der Waals surface area (Å²) in [6.07, 6.45) is 0. The molecule has 154 valence electrons. The molecule has 3 aromatic rings. The van der Waals surface area contributed by atoms with E-state index in [1.54, 1.807) is 0 Å². The fraction of sp³-hybridized carbons (Fsp3) is 0.280. The van der Waals surface area contributed by atoms with Gasteiger partial charge in [0.25, 0.3) is 11.8 Å². The lowest BCUT2D eigenvalue weighted by molar-refractivity contribution is 0.0535. The highest BCUT2D eigenvalue weighted by Crippen LogP contribution is 2.24. The van der Waals surface area contributed by atoms with E-state index in [2.05, 4.69) is 23.6 Å². The van der Waals surface area contributed by atoms with E-state index >= 15 is 0 Å². The van der Waals surface area contributed by atoms with Crippen LogP contribution in [0.2, 0.25) is 0 Å². The molecule has 0 spiro atoms. The van der Waals surface area contributed by atoms with Gasteiger partial charge in [-0.05, 0) is 50.6 Å². The molecule has 2 aromatic carbocycles. The lowest BCUT2D eigenvalue weighted by Gasteiger charge is -2.35. The third-order valence-electron chi connectivity index (χ3n) is 5.89. The van der Waals surface area contributed by atoms with Gasteiger partial charge in [-0.2, -0.15) is 0 Å². The summed E-state index contributed by atoms with van der Waals surface area (Å²) < 4.78 is 2.15. The molecule has 2 heterocycles. The van der Waals surface area contributed by atoms with Crippen LogP contribution in [-0.2, 0) is 0 Å². The van der Waals surface area contributed by atoms with Gasteiger partial charge in [0.2, 0.25) is 0 Å². The highest BCUT2D eigenvalue weighted by molar-refractivity contribution is 5.97. The van der Waals surface area contributed by atoms with Crippen LogP contribution in [0.4, 0.5) is 0 Å². The fourth-order valence-corrected chi connectivity index (χ4v) is 4.21. The molecule has 0 saturated carbocycles.